The topological polar surface area (TPSA) is 95.1 Å². The summed E-state index contributed by atoms with van der Waals surface area (Å²) in [6.45, 7) is 3.09. The van der Waals surface area contributed by atoms with E-state index in [2.05, 4.69) is 5.32 Å². The molecule has 2 atom stereocenters. The lowest BCUT2D eigenvalue weighted by molar-refractivity contribution is -0.899. The first-order valence-electron chi connectivity index (χ1n) is 8.44. The number of nitrogens with two attached hydrogens (primary N) is 1. The van der Waals surface area contributed by atoms with E-state index < -0.39 is 0 Å². The molecule has 0 saturated carbocycles. The van der Waals surface area contributed by atoms with Crippen molar-refractivity contribution in [2.24, 2.45) is 11.7 Å². The molecule has 1 aromatic carbocycles. The number of hydrogen-bond acceptors (Lipinski definition) is 4. The maximum atomic E-state index is 12.3. The summed E-state index contributed by atoms with van der Waals surface area (Å²) in [7, 11) is 0. The van der Waals surface area contributed by atoms with Crippen LogP contribution in [0.5, 0.6) is 11.5 Å². The molecular formula is C17H24N3O4+. The number of anilines is 1. The van der Waals surface area contributed by atoms with Crippen LogP contribution in [0.4, 0.5) is 5.69 Å². The van der Waals surface area contributed by atoms with E-state index in [9.17, 15) is 9.59 Å². The van der Waals surface area contributed by atoms with E-state index in [4.69, 9.17) is 15.2 Å². The highest BCUT2D eigenvalue weighted by molar-refractivity contribution is 5.91. The highest BCUT2D eigenvalue weighted by Gasteiger charge is 2.28. The van der Waals surface area contributed by atoms with Gasteiger partial charge in [-0.1, -0.05) is 0 Å². The number of amides is 2. The molecule has 0 bridgehead atoms. The minimum absolute atomic E-state index is 0.0791. The minimum atomic E-state index is -0.268. The largest absolute Gasteiger partial charge is 0.490 e. The summed E-state index contributed by atoms with van der Waals surface area (Å²) in [5, 5.41) is 2.89. The molecule has 4 N–H and O–H groups in total. The third-order valence-electron chi connectivity index (χ3n) is 4.46. The van der Waals surface area contributed by atoms with Crippen LogP contribution < -0.4 is 25.4 Å². The monoisotopic (exact) mass is 334 g/mol. The van der Waals surface area contributed by atoms with Crippen LogP contribution in [-0.4, -0.2) is 44.7 Å². The molecule has 1 unspecified atom stereocenters. The number of hydrogen-bond donors (Lipinski definition) is 3. The number of nitrogens with one attached hydrogen (secondary N) is 2. The number of piperidine rings is 1. The van der Waals surface area contributed by atoms with Crippen LogP contribution in [0.1, 0.15) is 19.3 Å². The first-order chi connectivity index (χ1) is 11.6. The van der Waals surface area contributed by atoms with Gasteiger partial charge in [-0.3, -0.25) is 9.59 Å². The highest BCUT2D eigenvalue weighted by atomic mass is 16.5. The molecule has 0 radical (unpaired) electrons. The molecular weight excluding hydrogens is 310 g/mol. The van der Waals surface area contributed by atoms with Gasteiger partial charge in [0.1, 0.15) is 0 Å². The molecule has 2 aliphatic rings. The normalized spacial score (nSPS) is 23.2. The van der Waals surface area contributed by atoms with Gasteiger partial charge in [0.25, 0.3) is 5.91 Å². The van der Waals surface area contributed by atoms with Gasteiger partial charge in [0.15, 0.2) is 18.0 Å². The molecule has 2 heterocycles. The second-order valence-electron chi connectivity index (χ2n) is 6.38. The Morgan fingerprint density at radius 1 is 1.21 bits per heavy atom. The molecule has 1 fully saturated rings. The van der Waals surface area contributed by atoms with E-state index in [1.54, 1.807) is 6.07 Å². The zero-order chi connectivity index (χ0) is 16.9. The molecule has 7 nitrogen and oxygen atoms in total. The van der Waals surface area contributed by atoms with Crippen molar-refractivity contribution in [1.29, 1.82) is 0 Å². The molecule has 1 saturated heterocycles. The third kappa shape index (κ3) is 4.17. The number of fused-ring (bicyclic) bond motifs is 1. The van der Waals surface area contributed by atoms with Gasteiger partial charge in [-0.15, -0.1) is 0 Å². The van der Waals surface area contributed by atoms with Gasteiger partial charge in [-0.2, -0.15) is 0 Å². The molecule has 3 rings (SSSR count). The van der Waals surface area contributed by atoms with Gasteiger partial charge < -0.3 is 25.4 Å². The van der Waals surface area contributed by atoms with Crippen molar-refractivity contribution in [3.8, 4) is 11.5 Å². The van der Waals surface area contributed by atoms with Crippen molar-refractivity contribution in [3.05, 3.63) is 18.2 Å². The maximum Gasteiger partial charge on any atom is 0.279 e. The van der Waals surface area contributed by atoms with E-state index in [0.29, 0.717) is 43.5 Å². The number of ether oxygens (including phenoxy) is 2. The molecule has 1 aromatic rings. The quantitative estimate of drug-likeness (QED) is 0.696. The third-order valence-corrected chi connectivity index (χ3v) is 4.46. The van der Waals surface area contributed by atoms with Crippen molar-refractivity contribution in [2.75, 3.05) is 38.2 Å². The van der Waals surface area contributed by atoms with Crippen LogP contribution >= 0.6 is 0 Å². The number of benzene rings is 1. The smallest absolute Gasteiger partial charge is 0.279 e. The first kappa shape index (κ1) is 16.6. The Bertz CT molecular complexity index is 620. The van der Waals surface area contributed by atoms with Crippen molar-refractivity contribution >= 4 is 17.5 Å². The van der Waals surface area contributed by atoms with Gasteiger partial charge in [0.05, 0.1) is 32.2 Å². The zero-order valence-corrected chi connectivity index (χ0v) is 13.7. The number of carbonyl (C=O) groups excluding carboxylic acids is 2. The maximum absolute atomic E-state index is 12.3. The molecule has 2 aliphatic heterocycles. The Balaban J connectivity index is 1.57. The second-order valence-corrected chi connectivity index (χ2v) is 6.38. The zero-order valence-electron chi connectivity index (χ0n) is 13.7. The van der Waals surface area contributed by atoms with Gasteiger partial charge in [0.2, 0.25) is 5.91 Å². The fourth-order valence-electron chi connectivity index (χ4n) is 3.23. The van der Waals surface area contributed by atoms with Gasteiger partial charge in [-0.05, 0) is 25.0 Å². The Morgan fingerprint density at radius 3 is 2.79 bits per heavy atom. The van der Waals surface area contributed by atoms with E-state index in [-0.39, 0.29) is 17.7 Å². The van der Waals surface area contributed by atoms with E-state index in [1.807, 2.05) is 12.1 Å². The Labute approximate surface area is 141 Å². The fourth-order valence-corrected chi connectivity index (χ4v) is 3.23. The number of likely N-dealkylation sites (tertiary alicyclic amines) is 1. The molecule has 130 valence electrons. The summed E-state index contributed by atoms with van der Waals surface area (Å²) in [6.07, 6.45) is 2.58. The summed E-state index contributed by atoms with van der Waals surface area (Å²) < 4.78 is 11.2. The highest BCUT2D eigenvalue weighted by Crippen LogP contribution is 2.32. The Hall–Kier alpha value is -2.28. The summed E-state index contributed by atoms with van der Waals surface area (Å²) in [5.74, 6) is 0.889. The molecule has 2 amide bonds. The van der Waals surface area contributed by atoms with Crippen LogP contribution in [0.15, 0.2) is 18.2 Å². The number of quaternary nitrogens is 1. The lowest BCUT2D eigenvalue weighted by Crippen LogP contribution is -3.14. The van der Waals surface area contributed by atoms with E-state index >= 15 is 0 Å². The second kappa shape index (κ2) is 7.53. The van der Waals surface area contributed by atoms with E-state index in [1.165, 1.54) is 0 Å². The summed E-state index contributed by atoms with van der Waals surface area (Å²) in [6, 6.07) is 5.41. The summed E-state index contributed by atoms with van der Waals surface area (Å²) in [4.78, 5) is 24.7. The predicted molar refractivity (Wildman–Crippen MR) is 88.2 cm³/mol. The van der Waals surface area contributed by atoms with E-state index in [0.717, 1.165) is 30.7 Å². The van der Waals surface area contributed by atoms with Crippen LogP contribution in [-0.2, 0) is 9.59 Å². The van der Waals surface area contributed by atoms with Crippen molar-refractivity contribution in [3.63, 3.8) is 0 Å². The lowest BCUT2D eigenvalue weighted by Gasteiger charge is -2.27. The lowest BCUT2D eigenvalue weighted by atomic mass is 9.97. The molecule has 24 heavy (non-hydrogen) atoms. The van der Waals surface area contributed by atoms with Crippen LogP contribution in [0.25, 0.3) is 0 Å². The molecule has 0 spiro atoms. The van der Waals surface area contributed by atoms with Gasteiger partial charge in [-0.25, -0.2) is 0 Å². The average Bonchev–Trinajstić information content (AvgIpc) is 2.79. The molecule has 0 aliphatic carbocycles. The number of primary amides is 1. The van der Waals surface area contributed by atoms with Crippen LogP contribution in [0.3, 0.4) is 0 Å². The predicted octanol–water partition coefficient (Wildman–Crippen LogP) is -0.433. The number of carbonyl (C=O) groups is 2. The summed E-state index contributed by atoms with van der Waals surface area (Å²) in [5.41, 5.74) is 6.07. The Kier molecular flexibility index (Phi) is 5.20. The minimum Gasteiger partial charge on any atom is -0.490 e. The average molecular weight is 334 g/mol. The van der Waals surface area contributed by atoms with Crippen molar-refractivity contribution in [2.45, 2.75) is 19.3 Å². The van der Waals surface area contributed by atoms with Gasteiger partial charge in [0, 0.05) is 18.2 Å². The summed E-state index contributed by atoms with van der Waals surface area (Å²) >= 11 is 0. The number of rotatable bonds is 4. The van der Waals surface area contributed by atoms with Crippen molar-refractivity contribution < 1.29 is 24.0 Å². The standard InChI is InChI=1S/C17H23N3O4/c18-17(22)12-3-1-6-20(10-12)11-16(21)19-13-4-5-14-15(9-13)24-8-2-7-23-14/h4-5,9,12H,1-3,6-8,10-11H2,(H2,18,22)(H,19,21)/p+1/t12-/m1/s1. The first-order valence-corrected chi connectivity index (χ1v) is 8.44. The SMILES string of the molecule is NC(=O)[C@@H]1CCC[NH+](CC(=O)Nc2ccc3c(c2)OCCCO3)C1. The van der Waals surface area contributed by atoms with Crippen LogP contribution in [0, 0.1) is 5.92 Å². The van der Waals surface area contributed by atoms with Crippen LogP contribution in [0.2, 0.25) is 0 Å². The molecule has 7 heteroatoms. The van der Waals surface area contributed by atoms with Gasteiger partial charge >= 0.3 is 0 Å². The Morgan fingerprint density at radius 2 is 2.00 bits per heavy atom. The van der Waals surface area contributed by atoms with Crippen molar-refractivity contribution in [1.82, 2.24) is 0 Å². The fraction of sp³-hybridized carbons (Fsp3) is 0.529. The molecule has 0 aromatic heterocycles.